The Balaban J connectivity index is 2.00. The summed E-state index contributed by atoms with van der Waals surface area (Å²) in [4.78, 5) is 12.6. The van der Waals surface area contributed by atoms with Crippen LogP contribution in [-0.4, -0.2) is 16.1 Å². The van der Waals surface area contributed by atoms with Crippen LogP contribution in [0.25, 0.3) is 0 Å². The first-order valence-corrected chi connectivity index (χ1v) is 8.02. The first-order valence-electron chi connectivity index (χ1n) is 8.02. The maximum atomic E-state index is 13.3. The molecule has 3 rings (SSSR count). The highest BCUT2D eigenvalue weighted by Crippen LogP contribution is 2.32. The normalized spacial score (nSPS) is 11.2. The summed E-state index contributed by atoms with van der Waals surface area (Å²) in [6, 6.07) is 6.65. The third-order valence-corrected chi connectivity index (χ3v) is 3.67. The number of benzene rings is 1. The number of aromatic nitrogens is 3. The van der Waals surface area contributed by atoms with Gasteiger partial charge in [-0.3, -0.25) is 4.79 Å². The highest BCUT2D eigenvalue weighted by Gasteiger charge is 2.35. The van der Waals surface area contributed by atoms with Crippen LogP contribution in [-0.2, 0) is 6.18 Å². The molecule has 3 aromatic rings. The molecule has 0 aliphatic carbocycles. The van der Waals surface area contributed by atoms with Gasteiger partial charge in [0.25, 0.3) is 11.8 Å². The van der Waals surface area contributed by atoms with E-state index in [2.05, 4.69) is 15.5 Å². The molecule has 0 bridgehead atoms. The molecule has 2 aromatic heterocycles. The van der Waals surface area contributed by atoms with Gasteiger partial charge < -0.3 is 15.3 Å². The van der Waals surface area contributed by atoms with E-state index in [-0.39, 0.29) is 11.4 Å². The monoisotopic (exact) mass is 408 g/mol. The molecule has 0 aliphatic heterocycles. The number of nitrogens with zero attached hydrogens (tertiary/aromatic N) is 3. The lowest BCUT2D eigenvalue weighted by molar-refractivity contribution is -0.604. The van der Waals surface area contributed by atoms with E-state index in [1.165, 1.54) is 25.1 Å². The van der Waals surface area contributed by atoms with E-state index in [0.717, 1.165) is 24.5 Å². The average Bonchev–Trinajstić information content (AvgIpc) is 2.63. The Morgan fingerprint density at radius 3 is 2.62 bits per heavy atom. The highest BCUT2D eigenvalue weighted by molar-refractivity contribution is 6.05. The van der Waals surface area contributed by atoms with Crippen LogP contribution >= 0.6 is 0 Å². The number of hydrogen-bond acceptors (Lipinski definition) is 5. The lowest BCUT2D eigenvalue weighted by Crippen LogP contribution is -2.26. The van der Waals surface area contributed by atoms with Crippen LogP contribution in [0.4, 0.5) is 23.2 Å². The summed E-state index contributed by atoms with van der Waals surface area (Å²) >= 11 is 0. The van der Waals surface area contributed by atoms with Crippen molar-refractivity contribution in [1.29, 1.82) is 0 Å². The second-order valence-corrected chi connectivity index (χ2v) is 5.86. The van der Waals surface area contributed by atoms with Crippen LogP contribution in [0.2, 0.25) is 0 Å². The van der Waals surface area contributed by atoms with Crippen molar-refractivity contribution in [3.8, 4) is 11.6 Å². The van der Waals surface area contributed by atoms with E-state index in [9.17, 15) is 27.6 Å². The van der Waals surface area contributed by atoms with E-state index in [0.29, 0.717) is 16.4 Å². The molecule has 11 heteroatoms. The molecule has 150 valence electrons. The average molecular weight is 408 g/mol. The lowest BCUT2D eigenvalue weighted by Gasteiger charge is -2.13. The van der Waals surface area contributed by atoms with Gasteiger partial charge >= 0.3 is 6.18 Å². The molecular weight excluding hydrogens is 396 g/mol. The van der Waals surface area contributed by atoms with Gasteiger partial charge in [0.1, 0.15) is 22.8 Å². The number of halogens is 4. The maximum absolute atomic E-state index is 13.3. The zero-order valence-electron chi connectivity index (χ0n) is 14.7. The van der Waals surface area contributed by atoms with Crippen molar-refractivity contribution < 1.29 is 31.8 Å². The minimum atomic E-state index is -4.85. The molecule has 0 spiro atoms. The molecule has 1 aromatic carbocycles. The van der Waals surface area contributed by atoms with Crippen LogP contribution in [0.15, 0.2) is 48.8 Å². The summed E-state index contributed by atoms with van der Waals surface area (Å²) in [6.45, 7) is 1.51. The highest BCUT2D eigenvalue weighted by atomic mass is 19.4. The predicted molar refractivity (Wildman–Crippen MR) is 91.6 cm³/mol. The molecule has 0 unspecified atom stereocenters. The number of pyridine rings is 1. The third-order valence-electron chi connectivity index (χ3n) is 3.67. The van der Waals surface area contributed by atoms with Gasteiger partial charge in [-0.25, -0.2) is 4.39 Å². The summed E-state index contributed by atoms with van der Waals surface area (Å²) in [6.07, 6.45) is -2.67. The van der Waals surface area contributed by atoms with Crippen LogP contribution < -0.4 is 14.8 Å². The second-order valence-electron chi connectivity index (χ2n) is 5.86. The number of nitrogens with one attached hydrogen (secondary N) is 1. The Kier molecular flexibility index (Phi) is 5.31. The minimum Gasteiger partial charge on any atom is -0.619 e. The van der Waals surface area contributed by atoms with Gasteiger partial charge in [0, 0.05) is 6.07 Å². The molecule has 0 radical (unpaired) electrons. The van der Waals surface area contributed by atoms with Crippen molar-refractivity contribution in [3.05, 3.63) is 76.6 Å². The van der Waals surface area contributed by atoms with Crippen molar-refractivity contribution >= 4 is 11.6 Å². The Morgan fingerprint density at radius 1 is 1.21 bits per heavy atom. The van der Waals surface area contributed by atoms with Crippen molar-refractivity contribution in [2.75, 3.05) is 5.32 Å². The van der Waals surface area contributed by atoms with Gasteiger partial charge in [-0.2, -0.15) is 17.9 Å². The number of aryl methyl sites for hydroxylation is 1. The molecule has 1 amide bonds. The number of anilines is 1. The molecule has 1 N–H and O–H groups in total. The largest absolute Gasteiger partial charge is 0.619 e. The number of rotatable bonds is 4. The van der Waals surface area contributed by atoms with Crippen molar-refractivity contribution in [2.24, 2.45) is 0 Å². The quantitative estimate of drug-likeness (QED) is 0.405. The summed E-state index contributed by atoms with van der Waals surface area (Å²) in [5, 5.41) is 20.0. The smallest absolute Gasteiger partial charge is 0.435 e. The first kappa shape index (κ1) is 20.0. The van der Waals surface area contributed by atoms with Crippen LogP contribution in [0.1, 0.15) is 21.6 Å². The van der Waals surface area contributed by atoms with Crippen LogP contribution in [0.3, 0.4) is 0 Å². The third kappa shape index (κ3) is 4.75. The minimum absolute atomic E-state index is 0.0433. The fourth-order valence-corrected chi connectivity index (χ4v) is 2.32. The van der Waals surface area contributed by atoms with Crippen molar-refractivity contribution in [3.63, 3.8) is 0 Å². The van der Waals surface area contributed by atoms with Crippen molar-refractivity contribution in [1.82, 2.24) is 10.2 Å². The number of hydrogen-bond donors (Lipinski definition) is 1. The maximum Gasteiger partial charge on any atom is 0.435 e. The fourth-order valence-electron chi connectivity index (χ4n) is 2.32. The number of amides is 1. The van der Waals surface area contributed by atoms with Gasteiger partial charge in [-0.1, -0.05) is 0 Å². The molecule has 2 heterocycles. The molecular formula is C18H12F4N4O3. The number of alkyl halides is 3. The van der Waals surface area contributed by atoms with Gasteiger partial charge in [-0.15, -0.1) is 10.2 Å². The van der Waals surface area contributed by atoms with E-state index in [4.69, 9.17) is 4.74 Å². The Bertz CT molecular complexity index is 1070. The van der Waals surface area contributed by atoms with Gasteiger partial charge in [-0.05, 0) is 42.8 Å². The summed E-state index contributed by atoms with van der Waals surface area (Å²) < 4.78 is 58.1. The van der Waals surface area contributed by atoms with E-state index in [1.807, 2.05) is 0 Å². The molecule has 0 saturated carbocycles. The van der Waals surface area contributed by atoms with E-state index in [1.54, 1.807) is 0 Å². The lowest BCUT2D eigenvalue weighted by atomic mass is 10.2. The number of carbonyl (C=O) groups excluding carboxylic acids is 1. The number of ether oxygens (including phenoxy) is 1. The molecule has 0 saturated heterocycles. The summed E-state index contributed by atoms with van der Waals surface area (Å²) in [5.74, 6) is -1.99. The predicted octanol–water partition coefficient (Wildman–Crippen LogP) is 3.62. The van der Waals surface area contributed by atoms with Gasteiger partial charge in [0.05, 0.1) is 0 Å². The molecule has 0 fully saturated rings. The summed E-state index contributed by atoms with van der Waals surface area (Å²) in [5.41, 5.74) is -1.61. The number of carbonyl (C=O) groups is 1. The zero-order chi connectivity index (χ0) is 21.2. The Labute approximate surface area is 161 Å². The Morgan fingerprint density at radius 2 is 1.97 bits per heavy atom. The van der Waals surface area contributed by atoms with E-state index >= 15 is 0 Å². The Hall–Kier alpha value is -3.76. The van der Waals surface area contributed by atoms with Gasteiger partial charge in [0.2, 0.25) is 6.20 Å². The zero-order valence-corrected chi connectivity index (χ0v) is 14.7. The molecule has 29 heavy (non-hydrogen) atoms. The second kappa shape index (κ2) is 7.70. The standard InChI is InChI=1S/C18H12F4N4O3/c1-10-7-11(19)4-5-14(10)29-17-13(8-15(24-25-17)18(20,21)22)16(27)23-12-3-2-6-26(28)9-12/h2-9H,1H3,(H,23,27). The first-order chi connectivity index (χ1) is 13.6. The van der Waals surface area contributed by atoms with Crippen LogP contribution in [0.5, 0.6) is 11.6 Å². The molecule has 7 nitrogen and oxygen atoms in total. The van der Waals surface area contributed by atoms with Gasteiger partial charge in [0.15, 0.2) is 11.9 Å². The molecule has 0 aliphatic rings. The molecule has 0 atom stereocenters. The van der Waals surface area contributed by atoms with Crippen molar-refractivity contribution in [2.45, 2.75) is 13.1 Å². The fraction of sp³-hybridized carbons (Fsp3) is 0.111. The van der Waals surface area contributed by atoms with Crippen LogP contribution in [0, 0.1) is 17.9 Å². The SMILES string of the molecule is Cc1cc(F)ccc1Oc1nnc(C(F)(F)F)cc1C(=O)Nc1ccc[n+]([O-])c1. The summed E-state index contributed by atoms with van der Waals surface area (Å²) in [7, 11) is 0. The van der Waals surface area contributed by atoms with E-state index < -0.39 is 35.0 Å². The topological polar surface area (TPSA) is 91.0 Å².